The van der Waals surface area contributed by atoms with Crippen LogP contribution in [0.4, 0.5) is 0 Å². The summed E-state index contributed by atoms with van der Waals surface area (Å²) in [6, 6.07) is 2.18. The highest BCUT2D eigenvalue weighted by Crippen LogP contribution is 2.06. The molecular formula is C14H26N2O. The summed E-state index contributed by atoms with van der Waals surface area (Å²) in [4.78, 5) is 0. The number of hydrogen-bond acceptors (Lipinski definition) is 2. The highest BCUT2D eigenvalue weighted by atomic mass is 16.5. The summed E-state index contributed by atoms with van der Waals surface area (Å²) < 4.78 is 7.56. The zero-order valence-corrected chi connectivity index (χ0v) is 11.6. The van der Waals surface area contributed by atoms with Crippen LogP contribution in [0.3, 0.4) is 0 Å². The van der Waals surface area contributed by atoms with Gasteiger partial charge in [0.2, 0.25) is 0 Å². The molecule has 0 aliphatic carbocycles. The molecule has 0 unspecified atom stereocenters. The van der Waals surface area contributed by atoms with Crippen molar-refractivity contribution in [2.45, 2.75) is 52.7 Å². The van der Waals surface area contributed by atoms with E-state index in [1.807, 2.05) is 6.92 Å². The highest BCUT2D eigenvalue weighted by Gasteiger charge is 2.08. The van der Waals surface area contributed by atoms with Crippen molar-refractivity contribution in [2.75, 3.05) is 13.2 Å². The van der Waals surface area contributed by atoms with Gasteiger partial charge in [-0.15, -0.1) is 0 Å². The zero-order chi connectivity index (χ0) is 12.7. The molecule has 0 aliphatic heterocycles. The summed E-state index contributed by atoms with van der Waals surface area (Å²) in [6.45, 7) is 12.2. The van der Waals surface area contributed by atoms with Gasteiger partial charge >= 0.3 is 0 Å². The monoisotopic (exact) mass is 238 g/mol. The predicted octanol–water partition coefficient (Wildman–Crippen LogP) is 2.80. The van der Waals surface area contributed by atoms with E-state index < -0.39 is 0 Å². The first-order valence-electron chi connectivity index (χ1n) is 6.48. The van der Waals surface area contributed by atoms with Crippen LogP contribution >= 0.6 is 0 Å². The molecule has 0 aliphatic rings. The Morgan fingerprint density at radius 2 is 2.12 bits per heavy atom. The van der Waals surface area contributed by atoms with Gasteiger partial charge < -0.3 is 14.6 Å². The molecule has 1 N–H and O–H groups in total. The molecule has 0 radical (unpaired) electrons. The molecule has 0 bridgehead atoms. The van der Waals surface area contributed by atoms with Crippen LogP contribution in [0.25, 0.3) is 0 Å². The zero-order valence-electron chi connectivity index (χ0n) is 11.6. The van der Waals surface area contributed by atoms with Gasteiger partial charge in [-0.05, 0) is 45.7 Å². The van der Waals surface area contributed by atoms with Gasteiger partial charge in [0.1, 0.15) is 0 Å². The Balaban J connectivity index is 2.28. The molecule has 0 saturated carbocycles. The lowest BCUT2D eigenvalue weighted by Gasteiger charge is -2.19. The molecule has 0 fully saturated rings. The normalized spacial score (nSPS) is 12.0. The van der Waals surface area contributed by atoms with Crippen LogP contribution in [0.15, 0.2) is 18.5 Å². The van der Waals surface area contributed by atoms with Gasteiger partial charge in [-0.1, -0.05) is 0 Å². The number of nitrogens with one attached hydrogen (secondary N) is 1. The van der Waals surface area contributed by atoms with Crippen LogP contribution in [0.2, 0.25) is 0 Å². The Bertz CT molecular complexity index is 312. The molecule has 0 spiro atoms. The molecule has 0 saturated heterocycles. The molecule has 98 valence electrons. The Hall–Kier alpha value is -0.800. The predicted molar refractivity (Wildman–Crippen MR) is 72.1 cm³/mol. The molecule has 3 heteroatoms. The number of hydrogen-bond donors (Lipinski definition) is 1. The molecule has 0 amide bonds. The molecule has 3 nitrogen and oxygen atoms in total. The van der Waals surface area contributed by atoms with E-state index in [1.165, 1.54) is 5.56 Å². The third kappa shape index (κ3) is 6.49. The molecule has 1 rings (SSSR count). The van der Waals surface area contributed by atoms with Gasteiger partial charge in [-0.25, -0.2) is 0 Å². The van der Waals surface area contributed by atoms with Crippen LogP contribution in [-0.2, 0) is 17.8 Å². The van der Waals surface area contributed by atoms with E-state index in [9.17, 15) is 0 Å². The molecule has 0 atom stereocenters. The van der Waals surface area contributed by atoms with E-state index in [0.717, 1.165) is 32.7 Å². The quantitative estimate of drug-likeness (QED) is 0.739. The van der Waals surface area contributed by atoms with Crippen molar-refractivity contribution in [1.82, 2.24) is 9.88 Å². The topological polar surface area (TPSA) is 26.2 Å². The summed E-state index contributed by atoms with van der Waals surface area (Å²) in [5.41, 5.74) is 1.52. The second-order valence-electron chi connectivity index (χ2n) is 5.41. The fraction of sp³-hybridized carbons (Fsp3) is 0.714. The van der Waals surface area contributed by atoms with E-state index in [-0.39, 0.29) is 5.54 Å². The fourth-order valence-electron chi connectivity index (χ4n) is 1.59. The minimum atomic E-state index is 0.178. The fourth-order valence-corrected chi connectivity index (χ4v) is 1.59. The van der Waals surface area contributed by atoms with Crippen LogP contribution in [0.1, 0.15) is 39.7 Å². The van der Waals surface area contributed by atoms with Crippen molar-refractivity contribution in [1.29, 1.82) is 0 Å². The maximum absolute atomic E-state index is 5.33. The van der Waals surface area contributed by atoms with Crippen LogP contribution in [-0.4, -0.2) is 23.3 Å². The average Bonchev–Trinajstić information content (AvgIpc) is 2.69. The molecule has 17 heavy (non-hydrogen) atoms. The summed E-state index contributed by atoms with van der Waals surface area (Å²) in [5.74, 6) is 0. The second-order valence-corrected chi connectivity index (χ2v) is 5.41. The van der Waals surface area contributed by atoms with Crippen molar-refractivity contribution in [3.8, 4) is 0 Å². The summed E-state index contributed by atoms with van der Waals surface area (Å²) in [6.07, 6.45) is 5.44. The standard InChI is InChI=1S/C14H26N2O/c1-5-17-10-6-8-16-9-7-13(12-16)11-15-14(2,3)4/h7,9,12,15H,5-6,8,10-11H2,1-4H3. The Labute approximate surface area is 105 Å². The van der Waals surface area contributed by atoms with Gasteiger partial charge in [0, 0.05) is 44.2 Å². The Morgan fingerprint density at radius 3 is 2.76 bits per heavy atom. The largest absolute Gasteiger partial charge is 0.382 e. The smallest absolute Gasteiger partial charge is 0.0482 e. The minimum Gasteiger partial charge on any atom is -0.382 e. The first kappa shape index (κ1) is 14.3. The third-order valence-electron chi connectivity index (χ3n) is 2.54. The van der Waals surface area contributed by atoms with Crippen molar-refractivity contribution < 1.29 is 4.74 Å². The van der Waals surface area contributed by atoms with Crippen molar-refractivity contribution in [3.05, 3.63) is 24.0 Å². The maximum Gasteiger partial charge on any atom is 0.0482 e. The lowest BCUT2D eigenvalue weighted by molar-refractivity contribution is 0.141. The molecular weight excluding hydrogens is 212 g/mol. The van der Waals surface area contributed by atoms with Crippen LogP contribution in [0, 0.1) is 0 Å². The number of aryl methyl sites for hydroxylation is 1. The molecule has 1 aromatic rings. The van der Waals surface area contributed by atoms with Crippen molar-refractivity contribution in [3.63, 3.8) is 0 Å². The Morgan fingerprint density at radius 1 is 1.35 bits per heavy atom. The van der Waals surface area contributed by atoms with Gasteiger partial charge in [0.25, 0.3) is 0 Å². The molecule has 1 heterocycles. The van der Waals surface area contributed by atoms with Gasteiger partial charge in [-0.2, -0.15) is 0 Å². The van der Waals surface area contributed by atoms with Gasteiger partial charge in [-0.3, -0.25) is 0 Å². The van der Waals surface area contributed by atoms with Crippen LogP contribution < -0.4 is 5.32 Å². The lowest BCUT2D eigenvalue weighted by Crippen LogP contribution is -2.34. The first-order valence-corrected chi connectivity index (χ1v) is 6.48. The van der Waals surface area contributed by atoms with Gasteiger partial charge in [0.05, 0.1) is 0 Å². The highest BCUT2D eigenvalue weighted by molar-refractivity contribution is 5.10. The number of rotatable bonds is 7. The summed E-state index contributed by atoms with van der Waals surface area (Å²) in [5, 5.41) is 3.49. The van der Waals surface area contributed by atoms with E-state index in [1.54, 1.807) is 0 Å². The number of nitrogens with zero attached hydrogens (tertiary/aromatic N) is 1. The van der Waals surface area contributed by atoms with Crippen molar-refractivity contribution >= 4 is 0 Å². The SMILES string of the molecule is CCOCCCn1ccc(CNC(C)(C)C)c1. The van der Waals surface area contributed by atoms with E-state index in [0.29, 0.717) is 0 Å². The minimum absolute atomic E-state index is 0.178. The molecule has 0 aromatic carbocycles. The summed E-state index contributed by atoms with van der Waals surface area (Å²) in [7, 11) is 0. The summed E-state index contributed by atoms with van der Waals surface area (Å²) >= 11 is 0. The van der Waals surface area contributed by atoms with Crippen molar-refractivity contribution in [2.24, 2.45) is 0 Å². The third-order valence-corrected chi connectivity index (χ3v) is 2.54. The number of ether oxygens (including phenoxy) is 1. The first-order chi connectivity index (χ1) is 8.01. The van der Waals surface area contributed by atoms with Gasteiger partial charge in [0.15, 0.2) is 0 Å². The Kier molecular flexibility index (Phi) is 5.72. The second kappa shape index (κ2) is 6.82. The lowest BCUT2D eigenvalue weighted by atomic mass is 10.1. The van der Waals surface area contributed by atoms with Crippen LogP contribution in [0.5, 0.6) is 0 Å². The maximum atomic E-state index is 5.33. The number of aromatic nitrogens is 1. The average molecular weight is 238 g/mol. The van der Waals surface area contributed by atoms with E-state index >= 15 is 0 Å². The van der Waals surface area contributed by atoms with E-state index in [2.05, 4.69) is 49.1 Å². The molecule has 1 aromatic heterocycles. The van der Waals surface area contributed by atoms with E-state index in [4.69, 9.17) is 4.74 Å².